The van der Waals surface area contributed by atoms with Crippen LogP contribution in [0.3, 0.4) is 0 Å². The summed E-state index contributed by atoms with van der Waals surface area (Å²) in [6.45, 7) is 3.13. The monoisotopic (exact) mass is 518 g/mol. The summed E-state index contributed by atoms with van der Waals surface area (Å²) in [5.74, 6) is 0.104. The summed E-state index contributed by atoms with van der Waals surface area (Å²) < 4.78 is 21.2. The molecule has 6 rings (SSSR count). The van der Waals surface area contributed by atoms with Crippen LogP contribution >= 0.6 is 11.3 Å². The van der Waals surface area contributed by atoms with Crippen LogP contribution in [0.5, 0.6) is 5.75 Å². The smallest absolute Gasteiger partial charge is 0.274 e. The van der Waals surface area contributed by atoms with Gasteiger partial charge in [-0.05, 0) is 66.9 Å². The van der Waals surface area contributed by atoms with Gasteiger partial charge >= 0.3 is 0 Å². The summed E-state index contributed by atoms with van der Waals surface area (Å²) in [5.41, 5.74) is 3.32. The number of pyridine rings is 1. The highest BCUT2D eigenvalue weighted by atomic mass is 32.1. The topological polar surface area (TPSA) is 84.3 Å². The average molecular weight is 519 g/mol. The number of rotatable bonds is 8. The lowest BCUT2D eigenvalue weighted by Crippen LogP contribution is -2.50. The molecule has 2 saturated heterocycles. The molecule has 0 spiro atoms. The molecule has 37 heavy (non-hydrogen) atoms. The number of carbonyl (C=O) groups is 1. The molecular weight excluding hydrogens is 491 g/mol. The zero-order valence-electron chi connectivity index (χ0n) is 20.1. The maximum atomic E-state index is 13.5. The van der Waals surface area contributed by atoms with Gasteiger partial charge in [0, 0.05) is 49.6 Å². The van der Waals surface area contributed by atoms with Crippen LogP contribution in [0.15, 0.2) is 66.3 Å². The maximum Gasteiger partial charge on any atom is 0.274 e. The van der Waals surface area contributed by atoms with E-state index in [4.69, 9.17) is 9.72 Å². The number of nitrogens with one attached hydrogen (secondary N) is 2. The van der Waals surface area contributed by atoms with E-state index in [2.05, 4.69) is 32.7 Å². The minimum Gasteiger partial charge on any atom is -0.488 e. The molecule has 2 aliphatic heterocycles. The van der Waals surface area contributed by atoms with Gasteiger partial charge in [0.2, 0.25) is 5.95 Å². The Bertz CT molecular complexity index is 1380. The van der Waals surface area contributed by atoms with Gasteiger partial charge in [-0.1, -0.05) is 0 Å². The van der Waals surface area contributed by atoms with E-state index in [1.165, 1.54) is 23.6 Å². The molecule has 2 fully saturated rings. The highest BCUT2D eigenvalue weighted by Crippen LogP contribution is 2.37. The molecule has 2 aliphatic rings. The highest BCUT2D eigenvalue weighted by Gasteiger charge is 2.29. The fourth-order valence-corrected chi connectivity index (χ4v) is 5.54. The van der Waals surface area contributed by atoms with Crippen molar-refractivity contribution in [2.75, 3.05) is 29.9 Å². The Hall–Kier alpha value is -3.76. The van der Waals surface area contributed by atoms with Gasteiger partial charge in [-0.3, -0.25) is 10.1 Å². The van der Waals surface area contributed by atoms with Crippen LogP contribution in [0.25, 0.3) is 0 Å². The quantitative estimate of drug-likeness (QED) is 0.335. The molecule has 5 heterocycles. The van der Waals surface area contributed by atoms with Crippen LogP contribution in [0, 0.1) is 5.95 Å². The number of hydrogen-bond acceptors (Lipinski definition) is 7. The fraction of sp³-hybridized carbons (Fsp3) is 0.296. The number of amides is 1. The first-order chi connectivity index (χ1) is 18.1. The van der Waals surface area contributed by atoms with Crippen molar-refractivity contribution in [3.05, 3.63) is 89.2 Å². The molecule has 0 radical (unpaired) electrons. The number of nitrogens with zero attached hydrogens (tertiary/aromatic N) is 4. The lowest BCUT2D eigenvalue weighted by molar-refractivity contribution is 0.101. The molecule has 190 valence electrons. The summed E-state index contributed by atoms with van der Waals surface area (Å²) >= 11 is 1.43. The van der Waals surface area contributed by atoms with Crippen LogP contribution < -0.4 is 20.3 Å². The molecule has 8 nitrogen and oxygen atoms in total. The second kappa shape index (κ2) is 10.3. The number of thiazole rings is 1. The van der Waals surface area contributed by atoms with Crippen LogP contribution in [-0.4, -0.2) is 46.2 Å². The zero-order valence-corrected chi connectivity index (χ0v) is 21.0. The molecule has 4 aromatic rings. The third kappa shape index (κ3) is 5.21. The van der Waals surface area contributed by atoms with Gasteiger partial charge in [0.15, 0.2) is 5.13 Å². The van der Waals surface area contributed by atoms with Crippen molar-refractivity contribution in [2.24, 2.45) is 0 Å². The van der Waals surface area contributed by atoms with E-state index in [0.29, 0.717) is 17.4 Å². The van der Waals surface area contributed by atoms with Gasteiger partial charge in [0.05, 0.1) is 11.7 Å². The Kier molecular flexibility index (Phi) is 6.58. The van der Waals surface area contributed by atoms with Crippen molar-refractivity contribution >= 4 is 28.1 Å². The third-order valence-corrected chi connectivity index (χ3v) is 7.53. The number of hydrogen-bond donors (Lipinski definition) is 2. The van der Waals surface area contributed by atoms with Gasteiger partial charge in [-0.15, -0.1) is 11.3 Å². The van der Waals surface area contributed by atoms with E-state index in [1.807, 2.05) is 17.5 Å². The lowest BCUT2D eigenvalue weighted by atomic mass is 10.1. The number of benzene rings is 1. The fourth-order valence-electron chi connectivity index (χ4n) is 4.79. The van der Waals surface area contributed by atoms with Crippen LogP contribution in [-0.2, 0) is 6.54 Å². The maximum absolute atomic E-state index is 13.5. The average Bonchev–Trinajstić information content (AvgIpc) is 3.63. The lowest BCUT2D eigenvalue weighted by Gasteiger charge is -2.29. The van der Waals surface area contributed by atoms with E-state index in [-0.39, 0.29) is 18.1 Å². The molecule has 1 aromatic carbocycles. The minimum atomic E-state index is -0.539. The predicted octanol–water partition coefficient (Wildman–Crippen LogP) is 4.47. The highest BCUT2D eigenvalue weighted by molar-refractivity contribution is 7.14. The molecule has 1 atom stereocenters. The largest absolute Gasteiger partial charge is 0.488 e. The first-order valence-corrected chi connectivity index (χ1v) is 13.3. The SMILES string of the molecule is O=C(Nc1nc(C2CCCN2c2ccc(OC3CNC3)cc2)cs1)c1cccn1Cc1ccnc(F)c1. The van der Waals surface area contributed by atoms with Crippen molar-refractivity contribution in [2.45, 2.75) is 31.5 Å². The van der Waals surface area contributed by atoms with Gasteiger partial charge in [-0.25, -0.2) is 9.97 Å². The molecule has 0 aliphatic carbocycles. The number of carbonyl (C=O) groups excluding carboxylic acids is 1. The van der Waals surface area contributed by atoms with Gasteiger partial charge in [0.25, 0.3) is 5.91 Å². The first kappa shape index (κ1) is 23.6. The van der Waals surface area contributed by atoms with Crippen molar-refractivity contribution in [1.29, 1.82) is 0 Å². The van der Waals surface area contributed by atoms with Crippen LogP contribution in [0.2, 0.25) is 0 Å². The predicted molar refractivity (Wildman–Crippen MR) is 141 cm³/mol. The molecule has 3 aromatic heterocycles. The second-order valence-corrected chi connectivity index (χ2v) is 10.1. The Morgan fingerprint density at radius 2 is 2.08 bits per heavy atom. The normalized spacial score (nSPS) is 17.5. The van der Waals surface area contributed by atoms with Crippen LogP contribution in [0.4, 0.5) is 15.2 Å². The zero-order chi connectivity index (χ0) is 25.2. The first-order valence-electron chi connectivity index (χ1n) is 12.4. The second-order valence-electron chi connectivity index (χ2n) is 9.28. The molecular formula is C27H27FN6O2S. The van der Waals surface area contributed by atoms with Crippen molar-refractivity contribution in [3.8, 4) is 5.75 Å². The van der Waals surface area contributed by atoms with Gasteiger partial charge in [0.1, 0.15) is 17.5 Å². The van der Waals surface area contributed by atoms with E-state index in [0.717, 1.165) is 55.2 Å². The number of anilines is 2. The van der Waals surface area contributed by atoms with E-state index >= 15 is 0 Å². The van der Waals surface area contributed by atoms with E-state index in [1.54, 1.807) is 29.0 Å². The Balaban J connectivity index is 1.12. The minimum absolute atomic E-state index is 0.162. The standard InChI is InChI=1S/C27H27FN6O2S/c28-25-13-18(9-10-30-25)16-33-11-1-4-24(33)26(35)32-27-31-22(17-37-27)23-3-2-12-34(23)19-5-7-20(8-6-19)36-21-14-29-15-21/h1,4-11,13,17,21,23,29H,2-3,12,14-16H2,(H,31,32,35). The van der Waals surface area contributed by atoms with Crippen molar-refractivity contribution in [1.82, 2.24) is 19.9 Å². The molecule has 0 saturated carbocycles. The number of aromatic nitrogens is 3. The number of ether oxygens (including phenoxy) is 1. The molecule has 1 amide bonds. The third-order valence-electron chi connectivity index (χ3n) is 6.76. The van der Waals surface area contributed by atoms with Crippen molar-refractivity contribution in [3.63, 3.8) is 0 Å². The molecule has 1 unspecified atom stereocenters. The molecule has 0 bridgehead atoms. The number of halogens is 1. The summed E-state index contributed by atoms with van der Waals surface area (Å²) in [7, 11) is 0. The van der Waals surface area contributed by atoms with Crippen LogP contribution in [0.1, 0.15) is 40.6 Å². The summed E-state index contributed by atoms with van der Waals surface area (Å²) in [4.78, 5) is 23.7. The summed E-state index contributed by atoms with van der Waals surface area (Å²) in [6.07, 6.45) is 5.58. The molecule has 10 heteroatoms. The van der Waals surface area contributed by atoms with Crippen molar-refractivity contribution < 1.29 is 13.9 Å². The Morgan fingerprint density at radius 1 is 1.22 bits per heavy atom. The Labute approximate surface area is 218 Å². The Morgan fingerprint density at radius 3 is 2.86 bits per heavy atom. The molecule has 2 N–H and O–H groups in total. The van der Waals surface area contributed by atoms with E-state index < -0.39 is 5.95 Å². The van der Waals surface area contributed by atoms with Gasteiger partial charge < -0.3 is 19.5 Å². The summed E-state index contributed by atoms with van der Waals surface area (Å²) in [5, 5.41) is 8.74. The summed E-state index contributed by atoms with van der Waals surface area (Å²) in [6, 6.07) is 15.1. The van der Waals surface area contributed by atoms with E-state index in [9.17, 15) is 9.18 Å². The van der Waals surface area contributed by atoms with Gasteiger partial charge in [-0.2, -0.15) is 4.39 Å².